The molecule has 0 saturated heterocycles. The third-order valence-electron chi connectivity index (χ3n) is 4.76. The summed E-state index contributed by atoms with van der Waals surface area (Å²) in [5.74, 6) is -1.09. The van der Waals surface area contributed by atoms with E-state index in [1.165, 1.54) is 0 Å². The highest BCUT2D eigenvalue weighted by Gasteiger charge is 2.30. The van der Waals surface area contributed by atoms with Crippen molar-refractivity contribution in [3.8, 4) is 0 Å². The second-order valence-electron chi connectivity index (χ2n) is 6.73. The van der Waals surface area contributed by atoms with Crippen LogP contribution in [0.2, 0.25) is 0 Å². The average Bonchev–Trinajstić information content (AvgIpc) is 2.74. The van der Waals surface area contributed by atoms with Gasteiger partial charge in [0.05, 0.1) is 0 Å². The van der Waals surface area contributed by atoms with E-state index < -0.39 is 11.9 Å². The summed E-state index contributed by atoms with van der Waals surface area (Å²) in [6.07, 6.45) is 0.906. The number of nitrogens with two attached hydrogens (primary N) is 1. The molecule has 1 atom stereocenters. The first-order valence-corrected chi connectivity index (χ1v) is 9.37. The summed E-state index contributed by atoms with van der Waals surface area (Å²) >= 11 is 0. The molecule has 0 bridgehead atoms. The van der Waals surface area contributed by atoms with E-state index in [1.54, 1.807) is 0 Å². The Morgan fingerprint density at radius 3 is 1.68 bits per heavy atom. The topological polar surface area (TPSA) is 72.2 Å². The van der Waals surface area contributed by atoms with Crippen molar-refractivity contribution in [1.82, 2.24) is 5.32 Å². The van der Waals surface area contributed by atoms with Gasteiger partial charge in [0.15, 0.2) is 0 Å². The molecule has 3 aromatic rings. The predicted octanol–water partition coefficient (Wildman–Crippen LogP) is 3.42. The quantitative estimate of drug-likeness (QED) is 0.636. The summed E-state index contributed by atoms with van der Waals surface area (Å²) in [7, 11) is 0. The summed E-state index contributed by atoms with van der Waals surface area (Å²) in [4.78, 5) is 24.9. The molecular formula is C24H24N2O2. The fraction of sp³-hybridized carbons (Fsp3) is 0.167. The number of carbonyl (C=O) groups is 2. The smallest absolute Gasteiger partial charge is 0.240 e. The van der Waals surface area contributed by atoms with Gasteiger partial charge < -0.3 is 11.1 Å². The Balaban J connectivity index is 1.81. The molecule has 0 aliphatic carbocycles. The zero-order valence-corrected chi connectivity index (χ0v) is 15.6. The van der Waals surface area contributed by atoms with Crippen LogP contribution in [0.3, 0.4) is 0 Å². The number of amides is 2. The van der Waals surface area contributed by atoms with Gasteiger partial charge in [-0.3, -0.25) is 9.59 Å². The third kappa shape index (κ3) is 5.07. The van der Waals surface area contributed by atoms with E-state index in [4.69, 9.17) is 5.73 Å². The van der Waals surface area contributed by atoms with Gasteiger partial charge in [0.2, 0.25) is 11.8 Å². The van der Waals surface area contributed by atoms with Crippen molar-refractivity contribution in [1.29, 1.82) is 0 Å². The van der Waals surface area contributed by atoms with Gasteiger partial charge in [-0.15, -0.1) is 0 Å². The number of aryl methyl sites for hydroxylation is 1. The molecule has 3 aromatic carbocycles. The van der Waals surface area contributed by atoms with E-state index in [1.807, 2.05) is 91.0 Å². The lowest BCUT2D eigenvalue weighted by Crippen LogP contribution is -2.48. The van der Waals surface area contributed by atoms with Crippen LogP contribution in [0.4, 0.5) is 0 Å². The Bertz CT molecular complexity index is 856. The molecule has 4 nitrogen and oxygen atoms in total. The molecule has 0 aliphatic rings. The number of hydrogen-bond acceptors (Lipinski definition) is 2. The summed E-state index contributed by atoms with van der Waals surface area (Å²) in [5, 5.41) is 2.87. The summed E-state index contributed by atoms with van der Waals surface area (Å²) in [6.45, 7) is 0. The maximum absolute atomic E-state index is 12.6. The van der Waals surface area contributed by atoms with Gasteiger partial charge in [0.1, 0.15) is 6.04 Å². The van der Waals surface area contributed by atoms with Gasteiger partial charge in [-0.25, -0.2) is 0 Å². The minimum absolute atomic E-state index is 0.190. The lowest BCUT2D eigenvalue weighted by Gasteiger charge is -2.27. The van der Waals surface area contributed by atoms with E-state index in [0.29, 0.717) is 12.8 Å². The second-order valence-corrected chi connectivity index (χ2v) is 6.73. The van der Waals surface area contributed by atoms with Crippen LogP contribution in [-0.4, -0.2) is 17.9 Å². The molecular weight excluding hydrogens is 348 g/mol. The second kappa shape index (κ2) is 9.51. The first-order chi connectivity index (χ1) is 13.6. The Morgan fingerprint density at radius 1 is 0.750 bits per heavy atom. The lowest BCUT2D eigenvalue weighted by atomic mass is 9.84. The molecule has 0 saturated carbocycles. The number of rotatable bonds is 8. The molecule has 3 rings (SSSR count). The standard InChI is InChI=1S/C24H24N2O2/c25-24(28)23(26-21(27)17-16-18-10-4-1-5-11-18)22(19-12-6-2-7-13-19)20-14-8-3-9-15-20/h1-15,22-23H,16-17H2,(H2,25,28)(H,26,27)/t23-/m1/s1. The molecule has 2 amide bonds. The Labute approximate surface area is 165 Å². The first-order valence-electron chi connectivity index (χ1n) is 9.37. The minimum atomic E-state index is -0.826. The Morgan fingerprint density at radius 2 is 1.21 bits per heavy atom. The van der Waals surface area contributed by atoms with Crippen molar-refractivity contribution in [2.45, 2.75) is 24.8 Å². The van der Waals surface area contributed by atoms with Gasteiger partial charge in [0, 0.05) is 12.3 Å². The summed E-state index contributed by atoms with van der Waals surface area (Å²) < 4.78 is 0. The van der Waals surface area contributed by atoms with Crippen molar-refractivity contribution in [3.63, 3.8) is 0 Å². The van der Waals surface area contributed by atoms with E-state index in [-0.39, 0.29) is 11.8 Å². The molecule has 0 fully saturated rings. The van der Waals surface area contributed by atoms with Crippen molar-refractivity contribution < 1.29 is 9.59 Å². The number of benzene rings is 3. The number of carbonyl (C=O) groups excluding carboxylic acids is 2. The van der Waals surface area contributed by atoms with Crippen molar-refractivity contribution in [2.24, 2.45) is 5.73 Å². The van der Waals surface area contributed by atoms with Crippen LogP contribution in [0.15, 0.2) is 91.0 Å². The van der Waals surface area contributed by atoms with E-state index in [2.05, 4.69) is 5.32 Å². The fourth-order valence-corrected chi connectivity index (χ4v) is 3.36. The minimum Gasteiger partial charge on any atom is -0.368 e. The maximum Gasteiger partial charge on any atom is 0.240 e. The largest absolute Gasteiger partial charge is 0.368 e. The number of hydrogen-bond donors (Lipinski definition) is 2. The molecule has 4 heteroatoms. The van der Waals surface area contributed by atoms with Crippen LogP contribution in [0, 0.1) is 0 Å². The van der Waals surface area contributed by atoms with Gasteiger partial charge in [-0.05, 0) is 23.1 Å². The van der Waals surface area contributed by atoms with E-state index in [9.17, 15) is 9.59 Å². The highest BCUT2D eigenvalue weighted by molar-refractivity contribution is 5.88. The van der Waals surface area contributed by atoms with Crippen LogP contribution in [0.5, 0.6) is 0 Å². The zero-order chi connectivity index (χ0) is 19.8. The van der Waals surface area contributed by atoms with Crippen LogP contribution in [0.25, 0.3) is 0 Å². The van der Waals surface area contributed by atoms with Gasteiger partial charge in [0.25, 0.3) is 0 Å². The molecule has 0 unspecified atom stereocenters. The van der Waals surface area contributed by atoms with Gasteiger partial charge in [-0.2, -0.15) is 0 Å². The molecule has 28 heavy (non-hydrogen) atoms. The van der Waals surface area contributed by atoms with Gasteiger partial charge in [-0.1, -0.05) is 91.0 Å². The highest BCUT2D eigenvalue weighted by atomic mass is 16.2. The van der Waals surface area contributed by atoms with Crippen LogP contribution >= 0.6 is 0 Å². The molecule has 0 aromatic heterocycles. The monoisotopic (exact) mass is 372 g/mol. The third-order valence-corrected chi connectivity index (χ3v) is 4.76. The molecule has 142 valence electrons. The summed E-state index contributed by atoms with van der Waals surface area (Å²) in [6, 6.07) is 28.3. The van der Waals surface area contributed by atoms with Crippen LogP contribution in [0.1, 0.15) is 29.0 Å². The SMILES string of the molecule is NC(=O)[C@H](NC(=O)CCc1ccccc1)C(c1ccccc1)c1ccccc1. The Hall–Kier alpha value is -3.40. The normalized spacial score (nSPS) is 11.8. The number of primary amides is 1. The molecule has 0 aliphatic heterocycles. The van der Waals surface area contributed by atoms with Crippen molar-refractivity contribution in [2.75, 3.05) is 0 Å². The highest BCUT2D eigenvalue weighted by Crippen LogP contribution is 2.28. The lowest BCUT2D eigenvalue weighted by molar-refractivity contribution is -0.127. The van der Waals surface area contributed by atoms with Crippen molar-refractivity contribution >= 4 is 11.8 Å². The number of nitrogens with one attached hydrogen (secondary N) is 1. The molecule has 0 spiro atoms. The fourth-order valence-electron chi connectivity index (χ4n) is 3.36. The van der Waals surface area contributed by atoms with Crippen molar-refractivity contribution in [3.05, 3.63) is 108 Å². The predicted molar refractivity (Wildman–Crippen MR) is 111 cm³/mol. The van der Waals surface area contributed by atoms with Gasteiger partial charge >= 0.3 is 0 Å². The first kappa shape index (κ1) is 19.4. The van der Waals surface area contributed by atoms with E-state index >= 15 is 0 Å². The molecule has 0 heterocycles. The molecule has 3 N–H and O–H groups in total. The maximum atomic E-state index is 12.6. The van der Waals surface area contributed by atoms with Crippen LogP contribution in [-0.2, 0) is 16.0 Å². The van der Waals surface area contributed by atoms with E-state index in [0.717, 1.165) is 16.7 Å². The Kier molecular flexibility index (Phi) is 6.58. The zero-order valence-electron chi connectivity index (χ0n) is 15.6. The average molecular weight is 372 g/mol. The summed E-state index contributed by atoms with van der Waals surface area (Å²) in [5.41, 5.74) is 8.66. The molecule has 0 radical (unpaired) electrons. The van der Waals surface area contributed by atoms with Crippen LogP contribution < -0.4 is 11.1 Å².